The van der Waals surface area contributed by atoms with E-state index in [1.54, 1.807) is 0 Å². The first kappa shape index (κ1) is 10.7. The van der Waals surface area contributed by atoms with E-state index in [9.17, 15) is 8.42 Å². The molecule has 0 saturated heterocycles. The number of rotatable bonds is 3. The molecule has 14 heavy (non-hydrogen) atoms. The smallest absolute Gasteiger partial charge is 0.301 e. The van der Waals surface area contributed by atoms with E-state index in [-0.39, 0.29) is 5.69 Å². The van der Waals surface area contributed by atoms with Gasteiger partial charge in [0.15, 0.2) is 0 Å². The molecule has 3 N–H and O–H groups in total. The molecule has 0 radical (unpaired) electrons. The molecule has 0 bridgehead atoms. The fourth-order valence-corrected chi connectivity index (χ4v) is 1.35. The van der Waals surface area contributed by atoms with Crippen LogP contribution in [0.2, 0.25) is 0 Å². The van der Waals surface area contributed by atoms with Gasteiger partial charge < -0.3 is 5.73 Å². The van der Waals surface area contributed by atoms with Crippen molar-refractivity contribution in [2.24, 2.45) is 0 Å². The average molecular weight is 216 g/mol. The van der Waals surface area contributed by atoms with Crippen molar-refractivity contribution in [3.63, 3.8) is 0 Å². The number of pyridine rings is 1. The Morgan fingerprint density at radius 1 is 1.50 bits per heavy atom. The van der Waals surface area contributed by atoms with Gasteiger partial charge in [-0.1, -0.05) is 0 Å². The molecule has 0 aliphatic rings. The van der Waals surface area contributed by atoms with Crippen LogP contribution in [0, 0.1) is 0 Å². The van der Waals surface area contributed by atoms with Crippen LogP contribution in [-0.4, -0.2) is 31.8 Å². The molecular weight excluding hydrogens is 204 g/mol. The lowest BCUT2D eigenvalue weighted by molar-refractivity contribution is 0.527. The number of nitrogens with one attached hydrogen (secondary N) is 1. The Morgan fingerprint density at radius 3 is 2.64 bits per heavy atom. The molecule has 0 atom stereocenters. The molecule has 0 fully saturated rings. The zero-order valence-corrected chi connectivity index (χ0v) is 8.75. The summed E-state index contributed by atoms with van der Waals surface area (Å²) in [6, 6.07) is 1.52. The van der Waals surface area contributed by atoms with Crippen molar-refractivity contribution in [2.45, 2.75) is 0 Å². The van der Waals surface area contributed by atoms with Crippen molar-refractivity contribution < 1.29 is 8.42 Å². The lowest BCUT2D eigenvalue weighted by Crippen LogP contribution is -2.29. The molecule has 1 rings (SSSR count). The Bertz CT molecular complexity index is 415. The van der Waals surface area contributed by atoms with E-state index in [1.165, 1.54) is 32.6 Å². The summed E-state index contributed by atoms with van der Waals surface area (Å²) in [5.41, 5.74) is 6.16. The van der Waals surface area contributed by atoms with Gasteiger partial charge in [0.1, 0.15) is 0 Å². The van der Waals surface area contributed by atoms with Gasteiger partial charge in [-0.2, -0.15) is 12.7 Å². The van der Waals surface area contributed by atoms with Crippen LogP contribution < -0.4 is 10.5 Å². The molecule has 7 heteroatoms. The van der Waals surface area contributed by atoms with Crippen molar-refractivity contribution in [2.75, 3.05) is 24.6 Å². The molecule has 1 aromatic rings. The summed E-state index contributed by atoms with van der Waals surface area (Å²) >= 11 is 0. The van der Waals surface area contributed by atoms with Gasteiger partial charge in [-0.25, -0.2) is 0 Å². The molecule has 0 aliphatic carbocycles. The van der Waals surface area contributed by atoms with Crippen LogP contribution in [0.4, 0.5) is 11.4 Å². The summed E-state index contributed by atoms with van der Waals surface area (Å²) in [5.74, 6) is 0. The third kappa shape index (κ3) is 2.33. The second-order valence-corrected chi connectivity index (χ2v) is 4.74. The summed E-state index contributed by atoms with van der Waals surface area (Å²) in [7, 11) is -0.659. The molecule has 0 unspecified atom stereocenters. The maximum atomic E-state index is 11.4. The minimum absolute atomic E-state index is 0.279. The summed E-state index contributed by atoms with van der Waals surface area (Å²) in [6.07, 6.45) is 2.85. The number of anilines is 2. The number of hydrogen-bond donors (Lipinski definition) is 2. The third-order valence-corrected chi connectivity index (χ3v) is 3.01. The van der Waals surface area contributed by atoms with Gasteiger partial charge in [0.25, 0.3) is 0 Å². The molecule has 0 aromatic carbocycles. The molecule has 0 aliphatic heterocycles. The van der Waals surface area contributed by atoms with Crippen LogP contribution in [0.15, 0.2) is 18.5 Å². The molecular formula is C7H12N4O2S. The normalized spacial score (nSPS) is 11.6. The molecule has 1 heterocycles. The van der Waals surface area contributed by atoms with E-state index < -0.39 is 10.2 Å². The first-order valence-corrected chi connectivity index (χ1v) is 5.27. The maximum absolute atomic E-state index is 11.4. The molecule has 78 valence electrons. The first-order chi connectivity index (χ1) is 6.43. The van der Waals surface area contributed by atoms with Gasteiger partial charge >= 0.3 is 10.2 Å². The quantitative estimate of drug-likeness (QED) is 0.737. The van der Waals surface area contributed by atoms with E-state index in [2.05, 4.69) is 9.71 Å². The van der Waals surface area contributed by atoms with Crippen molar-refractivity contribution in [1.82, 2.24) is 9.29 Å². The van der Waals surface area contributed by atoms with Crippen LogP contribution in [0.3, 0.4) is 0 Å². The summed E-state index contributed by atoms with van der Waals surface area (Å²) in [5, 5.41) is 0. The Hall–Kier alpha value is -1.34. The van der Waals surface area contributed by atoms with Gasteiger partial charge in [0, 0.05) is 20.3 Å². The van der Waals surface area contributed by atoms with Crippen LogP contribution in [0.5, 0.6) is 0 Å². The summed E-state index contributed by atoms with van der Waals surface area (Å²) < 4.78 is 26.1. The Kier molecular flexibility index (Phi) is 2.92. The summed E-state index contributed by atoms with van der Waals surface area (Å²) in [4.78, 5) is 3.76. The maximum Gasteiger partial charge on any atom is 0.301 e. The third-order valence-electron chi connectivity index (χ3n) is 1.57. The molecule has 6 nitrogen and oxygen atoms in total. The number of nitrogens with zero attached hydrogens (tertiary/aromatic N) is 2. The van der Waals surface area contributed by atoms with Crippen LogP contribution >= 0.6 is 0 Å². The zero-order valence-electron chi connectivity index (χ0n) is 7.93. The summed E-state index contributed by atoms with van der Waals surface area (Å²) in [6.45, 7) is 0. The molecule has 1 aromatic heterocycles. The Balaban J connectivity index is 2.96. The monoisotopic (exact) mass is 216 g/mol. The van der Waals surface area contributed by atoms with Crippen molar-refractivity contribution in [3.8, 4) is 0 Å². The second kappa shape index (κ2) is 3.81. The average Bonchev–Trinajstić information content (AvgIpc) is 2.08. The first-order valence-electron chi connectivity index (χ1n) is 3.83. The fourth-order valence-electron chi connectivity index (χ4n) is 0.721. The number of nitrogen functional groups attached to an aromatic ring is 1. The fraction of sp³-hybridized carbons (Fsp3) is 0.286. The molecule has 0 saturated carbocycles. The van der Waals surface area contributed by atoms with E-state index in [1.807, 2.05) is 0 Å². The Morgan fingerprint density at radius 2 is 2.14 bits per heavy atom. The SMILES string of the molecule is CN(C)S(=O)(=O)Nc1cnccc1N. The second-order valence-electron chi connectivity index (χ2n) is 2.85. The topological polar surface area (TPSA) is 88.3 Å². The van der Waals surface area contributed by atoms with Gasteiger partial charge in [0.2, 0.25) is 0 Å². The highest BCUT2D eigenvalue weighted by Crippen LogP contribution is 2.16. The van der Waals surface area contributed by atoms with Gasteiger partial charge in [0.05, 0.1) is 17.6 Å². The lowest BCUT2D eigenvalue weighted by atomic mass is 10.4. The van der Waals surface area contributed by atoms with E-state index in [4.69, 9.17) is 5.73 Å². The predicted molar refractivity (Wildman–Crippen MR) is 54.9 cm³/mol. The molecule has 0 spiro atoms. The van der Waals surface area contributed by atoms with E-state index >= 15 is 0 Å². The van der Waals surface area contributed by atoms with E-state index in [0.29, 0.717) is 5.69 Å². The van der Waals surface area contributed by atoms with Crippen molar-refractivity contribution >= 4 is 21.6 Å². The van der Waals surface area contributed by atoms with Crippen LogP contribution in [0.1, 0.15) is 0 Å². The van der Waals surface area contributed by atoms with Gasteiger partial charge in [-0.15, -0.1) is 0 Å². The van der Waals surface area contributed by atoms with Crippen LogP contribution in [0.25, 0.3) is 0 Å². The highest BCUT2D eigenvalue weighted by molar-refractivity contribution is 7.90. The number of hydrogen-bond acceptors (Lipinski definition) is 4. The largest absolute Gasteiger partial charge is 0.397 e. The number of aromatic nitrogens is 1. The van der Waals surface area contributed by atoms with E-state index in [0.717, 1.165) is 4.31 Å². The lowest BCUT2D eigenvalue weighted by Gasteiger charge is -2.13. The standard InChI is InChI=1S/C7H12N4O2S/c1-11(2)14(12,13)10-7-5-9-4-3-6(7)8/h3-5,10H,1-2H3,(H2,8,9). The van der Waals surface area contributed by atoms with Crippen molar-refractivity contribution in [3.05, 3.63) is 18.5 Å². The highest BCUT2D eigenvalue weighted by Gasteiger charge is 2.14. The highest BCUT2D eigenvalue weighted by atomic mass is 32.2. The van der Waals surface area contributed by atoms with Crippen molar-refractivity contribution in [1.29, 1.82) is 0 Å². The minimum atomic E-state index is -3.51. The number of nitrogens with two attached hydrogens (primary N) is 1. The van der Waals surface area contributed by atoms with Crippen LogP contribution in [-0.2, 0) is 10.2 Å². The Labute approximate surface area is 82.9 Å². The van der Waals surface area contributed by atoms with Gasteiger partial charge in [-0.05, 0) is 6.07 Å². The minimum Gasteiger partial charge on any atom is -0.397 e. The zero-order chi connectivity index (χ0) is 10.8. The molecule has 0 amide bonds. The van der Waals surface area contributed by atoms with Gasteiger partial charge in [-0.3, -0.25) is 9.71 Å². The predicted octanol–water partition coefficient (Wildman–Crippen LogP) is -0.118.